The zero-order valence-corrected chi connectivity index (χ0v) is 15.0. The maximum Gasteiger partial charge on any atom is 0.217 e. The molecule has 0 atom stereocenters. The molecule has 1 aliphatic carbocycles. The first kappa shape index (κ1) is 15.8. The largest absolute Gasteiger partial charge is 0.328 e. The van der Waals surface area contributed by atoms with Gasteiger partial charge in [0, 0.05) is 19.4 Å². The van der Waals surface area contributed by atoms with E-state index in [-0.39, 0.29) is 17.0 Å². The van der Waals surface area contributed by atoms with E-state index in [0.29, 0.717) is 5.01 Å². The van der Waals surface area contributed by atoms with Gasteiger partial charge in [0.2, 0.25) is 11.6 Å². The molecule has 130 valence electrons. The third kappa shape index (κ3) is 2.36. The van der Waals surface area contributed by atoms with Crippen LogP contribution in [0, 0.1) is 0 Å². The summed E-state index contributed by atoms with van der Waals surface area (Å²) in [5.41, 5.74) is 3.29. The molecule has 3 heterocycles. The van der Waals surface area contributed by atoms with Gasteiger partial charge in [-0.1, -0.05) is 30.3 Å². The number of Topliss-reactive ketones (excluding diaryl/α,β-unsaturated/α-hetero) is 2. The summed E-state index contributed by atoms with van der Waals surface area (Å²) >= 11 is 1.44. The zero-order valence-electron chi connectivity index (χ0n) is 14.2. The third-order valence-electron chi connectivity index (χ3n) is 4.55. The van der Waals surface area contributed by atoms with E-state index in [9.17, 15) is 9.59 Å². The monoisotopic (exact) mass is 372 g/mol. The molecule has 0 amide bonds. The molecule has 4 aromatic rings. The van der Waals surface area contributed by atoms with Crippen LogP contribution in [0.2, 0.25) is 0 Å². The second-order valence-corrected chi connectivity index (χ2v) is 7.23. The number of thiazole rings is 1. The Morgan fingerprint density at radius 2 is 1.67 bits per heavy atom. The molecule has 0 radical (unpaired) electrons. The molecular formula is C20H12N4O2S. The molecule has 0 unspecified atom stereocenters. The second kappa shape index (κ2) is 5.78. The molecular weight excluding hydrogens is 360 g/mol. The average molecular weight is 372 g/mol. The molecule has 0 fully saturated rings. The fourth-order valence-electron chi connectivity index (χ4n) is 3.24. The van der Waals surface area contributed by atoms with E-state index in [1.807, 2.05) is 29.8 Å². The van der Waals surface area contributed by atoms with Gasteiger partial charge in [-0.15, -0.1) is 11.3 Å². The van der Waals surface area contributed by atoms with Crippen LogP contribution in [0.5, 0.6) is 0 Å². The molecule has 0 aliphatic heterocycles. The Morgan fingerprint density at radius 3 is 2.30 bits per heavy atom. The Bertz CT molecular complexity index is 1230. The van der Waals surface area contributed by atoms with Gasteiger partial charge in [-0.3, -0.25) is 9.59 Å². The third-order valence-corrected chi connectivity index (χ3v) is 5.49. The van der Waals surface area contributed by atoms with Gasteiger partial charge in [0.25, 0.3) is 0 Å². The Labute approximate surface area is 157 Å². The number of rotatable bonds is 2. The fourth-order valence-corrected chi connectivity index (χ4v) is 4.22. The van der Waals surface area contributed by atoms with E-state index in [4.69, 9.17) is 0 Å². The first-order valence-electron chi connectivity index (χ1n) is 8.27. The minimum absolute atomic E-state index is 0.0681. The highest BCUT2D eigenvalue weighted by atomic mass is 32.1. The van der Waals surface area contributed by atoms with Crippen LogP contribution >= 0.6 is 11.3 Å². The van der Waals surface area contributed by atoms with Crippen molar-refractivity contribution in [3.8, 4) is 11.3 Å². The van der Waals surface area contributed by atoms with E-state index in [0.717, 1.165) is 21.6 Å². The van der Waals surface area contributed by atoms with Crippen molar-refractivity contribution in [1.82, 2.24) is 19.5 Å². The van der Waals surface area contributed by atoms with Crippen molar-refractivity contribution in [1.29, 1.82) is 0 Å². The molecule has 5 rings (SSSR count). The number of carbonyl (C=O) groups is 2. The van der Waals surface area contributed by atoms with Crippen LogP contribution < -0.4 is 0 Å². The van der Waals surface area contributed by atoms with Gasteiger partial charge in [0.1, 0.15) is 16.4 Å². The van der Waals surface area contributed by atoms with Crippen molar-refractivity contribution >= 4 is 39.3 Å². The Hall–Kier alpha value is -3.45. The van der Waals surface area contributed by atoms with E-state index in [1.165, 1.54) is 23.7 Å². The smallest absolute Gasteiger partial charge is 0.217 e. The van der Waals surface area contributed by atoms with Crippen LogP contribution in [0.4, 0.5) is 0 Å². The lowest BCUT2D eigenvalue weighted by molar-refractivity contribution is 0.0988. The number of allylic oxidation sites excluding steroid dienone is 1. The van der Waals surface area contributed by atoms with Crippen LogP contribution in [-0.2, 0) is 7.05 Å². The SMILES string of the molecule is Cn1c(-c2ccccc2)cc2sc(C=C3C(=O)c4nccnc4C3=O)nc21. The van der Waals surface area contributed by atoms with E-state index < -0.39 is 11.6 Å². The van der Waals surface area contributed by atoms with Gasteiger partial charge in [-0.05, 0) is 17.7 Å². The Kier molecular flexibility index (Phi) is 3.38. The van der Waals surface area contributed by atoms with Crippen LogP contribution in [0.25, 0.3) is 27.7 Å². The van der Waals surface area contributed by atoms with Crippen molar-refractivity contribution in [2.75, 3.05) is 0 Å². The highest BCUT2D eigenvalue weighted by Crippen LogP contribution is 2.33. The molecule has 3 aromatic heterocycles. The highest BCUT2D eigenvalue weighted by molar-refractivity contribution is 7.19. The quantitative estimate of drug-likeness (QED) is 0.397. The average Bonchev–Trinajstić information content (AvgIpc) is 3.31. The van der Waals surface area contributed by atoms with Gasteiger partial charge in [-0.2, -0.15) is 0 Å². The number of hydrogen-bond donors (Lipinski definition) is 0. The molecule has 0 saturated heterocycles. The standard InChI is InChI=1S/C20H12N4O2S/c1-24-13(11-5-3-2-4-6-11)10-14-20(24)23-15(27-14)9-12-18(25)16-17(19(12)26)22-8-7-21-16/h2-10H,1H3. The summed E-state index contributed by atoms with van der Waals surface area (Å²) in [6.45, 7) is 0. The minimum Gasteiger partial charge on any atom is -0.328 e. The lowest BCUT2D eigenvalue weighted by Crippen LogP contribution is -2.01. The van der Waals surface area contributed by atoms with Gasteiger partial charge in [-0.25, -0.2) is 15.0 Å². The number of carbonyl (C=O) groups excluding carboxylic acids is 2. The van der Waals surface area contributed by atoms with Crippen LogP contribution in [0.15, 0.2) is 54.4 Å². The predicted octanol–water partition coefficient (Wildman–Crippen LogP) is 3.55. The topological polar surface area (TPSA) is 77.7 Å². The molecule has 7 heteroatoms. The summed E-state index contributed by atoms with van der Waals surface area (Å²) < 4.78 is 3.01. The van der Waals surface area contributed by atoms with Crippen LogP contribution in [0.3, 0.4) is 0 Å². The number of aryl methyl sites for hydroxylation is 1. The minimum atomic E-state index is -0.396. The van der Waals surface area contributed by atoms with E-state index in [1.54, 1.807) is 6.08 Å². The molecule has 6 nitrogen and oxygen atoms in total. The Balaban J connectivity index is 1.57. The van der Waals surface area contributed by atoms with E-state index >= 15 is 0 Å². The summed E-state index contributed by atoms with van der Waals surface area (Å²) in [5.74, 6) is -0.792. The number of aromatic nitrogens is 4. The number of fused-ring (bicyclic) bond motifs is 2. The summed E-state index contributed by atoms with van der Waals surface area (Å²) in [4.78, 5) is 37.5. The zero-order chi connectivity index (χ0) is 18.5. The van der Waals surface area contributed by atoms with Crippen molar-refractivity contribution in [3.63, 3.8) is 0 Å². The predicted molar refractivity (Wildman–Crippen MR) is 103 cm³/mol. The molecule has 1 aliphatic rings. The summed E-state index contributed by atoms with van der Waals surface area (Å²) in [6, 6.07) is 12.1. The van der Waals surface area contributed by atoms with Gasteiger partial charge < -0.3 is 4.57 Å². The molecule has 0 bridgehead atoms. The molecule has 27 heavy (non-hydrogen) atoms. The van der Waals surface area contributed by atoms with Crippen molar-refractivity contribution in [2.24, 2.45) is 7.05 Å². The second-order valence-electron chi connectivity index (χ2n) is 6.16. The van der Waals surface area contributed by atoms with Crippen LogP contribution in [-0.4, -0.2) is 31.1 Å². The lowest BCUT2D eigenvalue weighted by atomic mass is 10.1. The van der Waals surface area contributed by atoms with E-state index in [2.05, 4.69) is 33.2 Å². The normalized spacial score (nSPS) is 13.4. The summed E-state index contributed by atoms with van der Waals surface area (Å²) in [7, 11) is 1.96. The highest BCUT2D eigenvalue weighted by Gasteiger charge is 2.36. The maximum absolute atomic E-state index is 12.5. The van der Waals surface area contributed by atoms with Crippen molar-refractivity contribution in [3.05, 3.63) is 70.8 Å². The number of nitrogens with zero attached hydrogens (tertiary/aromatic N) is 4. The van der Waals surface area contributed by atoms with Gasteiger partial charge in [0.15, 0.2) is 5.65 Å². The number of hydrogen-bond acceptors (Lipinski definition) is 6. The summed E-state index contributed by atoms with van der Waals surface area (Å²) in [5, 5.41) is 0.611. The van der Waals surface area contributed by atoms with Crippen molar-refractivity contribution < 1.29 is 9.59 Å². The van der Waals surface area contributed by atoms with Crippen LogP contribution in [0.1, 0.15) is 26.0 Å². The molecule has 0 saturated carbocycles. The molecule has 0 N–H and O–H groups in total. The summed E-state index contributed by atoms with van der Waals surface area (Å²) in [6.07, 6.45) is 4.37. The number of ketones is 2. The first-order valence-corrected chi connectivity index (χ1v) is 9.09. The Morgan fingerprint density at radius 1 is 1.00 bits per heavy atom. The molecule has 0 spiro atoms. The number of benzene rings is 1. The van der Waals surface area contributed by atoms with Gasteiger partial charge in [0.05, 0.1) is 16.0 Å². The van der Waals surface area contributed by atoms with Crippen molar-refractivity contribution in [2.45, 2.75) is 0 Å². The fraction of sp³-hybridized carbons (Fsp3) is 0.0500. The lowest BCUT2D eigenvalue weighted by Gasteiger charge is -2.02. The molecule has 1 aromatic carbocycles. The maximum atomic E-state index is 12.5. The first-order chi connectivity index (χ1) is 13.1. The van der Waals surface area contributed by atoms with Gasteiger partial charge >= 0.3 is 0 Å².